The number of hydrogen-bond donors (Lipinski definition) is 2. The molecule has 1 aliphatic carbocycles. The standard InChI is InChI=1S/C16H16FN3O4/c1-24-13-5-2-9(6-12(13)17)14(16(22)23)19-15(21)10-7-18-20(8-10)11-3-4-11/h2,5-8,11,14H,3-4H2,1H3,(H,19,21)(H,22,23). The molecule has 8 heteroatoms. The van der Waals surface area contributed by atoms with Gasteiger partial charge in [-0.15, -0.1) is 0 Å². The number of amides is 1. The third-order valence-electron chi connectivity index (χ3n) is 3.82. The number of halogens is 1. The van der Waals surface area contributed by atoms with E-state index in [-0.39, 0.29) is 16.9 Å². The number of carbonyl (C=O) groups is 2. The Morgan fingerprint density at radius 3 is 2.79 bits per heavy atom. The van der Waals surface area contributed by atoms with E-state index in [0.29, 0.717) is 6.04 Å². The van der Waals surface area contributed by atoms with Gasteiger partial charge >= 0.3 is 5.97 Å². The summed E-state index contributed by atoms with van der Waals surface area (Å²) in [6, 6.07) is 2.69. The van der Waals surface area contributed by atoms with Gasteiger partial charge in [-0.1, -0.05) is 6.07 Å². The number of aliphatic carboxylic acids is 1. The van der Waals surface area contributed by atoms with Crippen LogP contribution in [0.1, 0.15) is 40.8 Å². The average Bonchev–Trinajstić information content (AvgIpc) is 3.29. The summed E-state index contributed by atoms with van der Waals surface area (Å²) in [6.07, 6.45) is 5.01. The van der Waals surface area contributed by atoms with E-state index in [1.165, 1.54) is 25.4 Å². The molecule has 1 atom stereocenters. The van der Waals surface area contributed by atoms with Crippen LogP contribution in [0.15, 0.2) is 30.6 Å². The first kappa shape index (κ1) is 16.0. The van der Waals surface area contributed by atoms with E-state index in [0.717, 1.165) is 18.9 Å². The molecule has 0 bridgehead atoms. The number of aromatic nitrogens is 2. The topological polar surface area (TPSA) is 93.5 Å². The third-order valence-corrected chi connectivity index (χ3v) is 3.82. The van der Waals surface area contributed by atoms with Gasteiger partial charge in [-0.2, -0.15) is 5.10 Å². The number of carboxylic acid groups (broad SMARTS) is 1. The highest BCUT2D eigenvalue weighted by Gasteiger charge is 2.27. The highest BCUT2D eigenvalue weighted by molar-refractivity contribution is 5.96. The Labute approximate surface area is 137 Å². The minimum absolute atomic E-state index is 0.0000694. The van der Waals surface area contributed by atoms with Crippen molar-refractivity contribution in [1.29, 1.82) is 0 Å². The van der Waals surface area contributed by atoms with Crippen LogP contribution in [0.4, 0.5) is 4.39 Å². The molecule has 24 heavy (non-hydrogen) atoms. The molecule has 1 saturated carbocycles. The van der Waals surface area contributed by atoms with E-state index in [1.54, 1.807) is 10.9 Å². The molecule has 1 fully saturated rings. The highest BCUT2D eigenvalue weighted by Crippen LogP contribution is 2.34. The lowest BCUT2D eigenvalue weighted by Gasteiger charge is -2.15. The van der Waals surface area contributed by atoms with E-state index in [4.69, 9.17) is 4.74 Å². The van der Waals surface area contributed by atoms with Crippen LogP contribution in [0.2, 0.25) is 0 Å². The summed E-state index contributed by atoms with van der Waals surface area (Å²) >= 11 is 0. The number of benzene rings is 1. The molecule has 0 spiro atoms. The van der Waals surface area contributed by atoms with Gasteiger partial charge in [0.05, 0.1) is 24.9 Å². The summed E-state index contributed by atoms with van der Waals surface area (Å²) in [7, 11) is 1.31. The molecule has 1 aromatic carbocycles. The van der Waals surface area contributed by atoms with E-state index < -0.39 is 23.7 Å². The summed E-state index contributed by atoms with van der Waals surface area (Å²) in [5.74, 6) is -2.56. The SMILES string of the molecule is COc1ccc(C(NC(=O)c2cnn(C3CC3)c2)C(=O)O)cc1F. The lowest BCUT2D eigenvalue weighted by atomic mass is 10.1. The fourth-order valence-corrected chi connectivity index (χ4v) is 2.36. The normalized spacial score (nSPS) is 14.9. The molecule has 1 amide bonds. The maximum absolute atomic E-state index is 13.8. The number of carbonyl (C=O) groups excluding carboxylic acids is 1. The number of rotatable bonds is 6. The monoisotopic (exact) mass is 333 g/mol. The van der Waals surface area contributed by atoms with E-state index in [1.807, 2.05) is 0 Å². The molecule has 126 valence electrons. The Hall–Kier alpha value is -2.90. The van der Waals surface area contributed by atoms with Crippen LogP contribution in [-0.2, 0) is 4.79 Å². The molecule has 1 aromatic heterocycles. The smallest absolute Gasteiger partial charge is 0.330 e. The fourth-order valence-electron chi connectivity index (χ4n) is 2.36. The van der Waals surface area contributed by atoms with Crippen molar-refractivity contribution >= 4 is 11.9 Å². The van der Waals surface area contributed by atoms with E-state index >= 15 is 0 Å². The van der Waals surface area contributed by atoms with Crippen LogP contribution in [-0.4, -0.2) is 33.9 Å². The van der Waals surface area contributed by atoms with Crippen molar-refractivity contribution < 1.29 is 23.8 Å². The van der Waals surface area contributed by atoms with Crippen molar-refractivity contribution in [3.8, 4) is 5.75 Å². The number of hydrogen-bond acceptors (Lipinski definition) is 4. The summed E-state index contributed by atoms with van der Waals surface area (Å²) in [5.41, 5.74) is 0.380. The fraction of sp³-hybridized carbons (Fsp3) is 0.312. The molecule has 1 unspecified atom stereocenters. The predicted octanol–water partition coefficient (Wildman–Crippen LogP) is 1.92. The van der Waals surface area contributed by atoms with Crippen molar-refractivity contribution in [2.75, 3.05) is 7.11 Å². The second-order valence-corrected chi connectivity index (χ2v) is 5.58. The Morgan fingerprint density at radius 1 is 1.46 bits per heavy atom. The van der Waals surface area contributed by atoms with Gasteiger partial charge in [0.2, 0.25) is 0 Å². The van der Waals surface area contributed by atoms with E-state index in [2.05, 4.69) is 10.4 Å². The van der Waals surface area contributed by atoms with Crippen LogP contribution < -0.4 is 10.1 Å². The summed E-state index contributed by atoms with van der Waals surface area (Å²) < 4.78 is 20.3. The molecule has 2 N–H and O–H groups in total. The van der Waals surface area contributed by atoms with Gasteiger partial charge in [0.1, 0.15) is 0 Å². The van der Waals surface area contributed by atoms with Gasteiger partial charge in [-0.25, -0.2) is 9.18 Å². The largest absolute Gasteiger partial charge is 0.494 e. The zero-order valence-electron chi connectivity index (χ0n) is 12.9. The summed E-state index contributed by atoms with van der Waals surface area (Å²) in [5, 5.41) is 15.8. The maximum atomic E-state index is 13.8. The first-order valence-corrected chi connectivity index (χ1v) is 7.41. The Kier molecular flexibility index (Phi) is 4.20. The molecule has 2 aromatic rings. The minimum Gasteiger partial charge on any atom is -0.494 e. The van der Waals surface area contributed by atoms with Crippen molar-refractivity contribution in [1.82, 2.24) is 15.1 Å². The molecule has 0 saturated heterocycles. The number of nitrogens with zero attached hydrogens (tertiary/aromatic N) is 2. The Balaban J connectivity index is 1.79. The zero-order chi connectivity index (χ0) is 17.3. The molecule has 7 nitrogen and oxygen atoms in total. The molecule has 0 radical (unpaired) electrons. The van der Waals surface area contributed by atoms with Gasteiger partial charge in [-0.05, 0) is 30.5 Å². The van der Waals surface area contributed by atoms with Crippen LogP contribution in [0, 0.1) is 5.82 Å². The molecule has 1 heterocycles. The molecular weight excluding hydrogens is 317 g/mol. The second-order valence-electron chi connectivity index (χ2n) is 5.58. The zero-order valence-corrected chi connectivity index (χ0v) is 12.9. The van der Waals surface area contributed by atoms with Crippen molar-refractivity contribution in [3.05, 3.63) is 47.5 Å². The molecule has 1 aliphatic rings. The lowest BCUT2D eigenvalue weighted by molar-refractivity contribution is -0.139. The van der Waals surface area contributed by atoms with Gasteiger partial charge in [-0.3, -0.25) is 9.48 Å². The quantitative estimate of drug-likeness (QED) is 0.842. The number of ether oxygens (including phenoxy) is 1. The molecule has 3 rings (SSSR count). The summed E-state index contributed by atoms with van der Waals surface area (Å²) in [4.78, 5) is 23.7. The second kappa shape index (κ2) is 6.31. The van der Waals surface area contributed by atoms with Crippen LogP contribution in [0.25, 0.3) is 0 Å². The molecule has 0 aliphatic heterocycles. The Morgan fingerprint density at radius 2 is 2.21 bits per heavy atom. The first-order chi connectivity index (χ1) is 11.5. The number of nitrogens with one attached hydrogen (secondary N) is 1. The van der Waals surface area contributed by atoms with Crippen molar-refractivity contribution in [2.45, 2.75) is 24.9 Å². The van der Waals surface area contributed by atoms with Gasteiger partial charge in [0, 0.05) is 6.20 Å². The van der Waals surface area contributed by atoms with Gasteiger partial charge in [0.15, 0.2) is 17.6 Å². The van der Waals surface area contributed by atoms with E-state index in [9.17, 15) is 19.1 Å². The number of methoxy groups -OCH3 is 1. The minimum atomic E-state index is -1.37. The van der Waals surface area contributed by atoms with Gasteiger partial charge in [0.25, 0.3) is 5.91 Å². The lowest BCUT2D eigenvalue weighted by Crippen LogP contribution is -2.33. The average molecular weight is 333 g/mol. The molecular formula is C16H16FN3O4. The third kappa shape index (κ3) is 3.22. The van der Waals surface area contributed by atoms with Crippen LogP contribution >= 0.6 is 0 Å². The maximum Gasteiger partial charge on any atom is 0.330 e. The Bertz CT molecular complexity index is 785. The van der Waals surface area contributed by atoms with Crippen molar-refractivity contribution in [2.24, 2.45) is 0 Å². The van der Waals surface area contributed by atoms with Crippen LogP contribution in [0.5, 0.6) is 5.75 Å². The van der Waals surface area contributed by atoms with Crippen molar-refractivity contribution in [3.63, 3.8) is 0 Å². The van der Waals surface area contributed by atoms with Crippen LogP contribution in [0.3, 0.4) is 0 Å². The summed E-state index contributed by atoms with van der Waals surface area (Å²) in [6.45, 7) is 0. The van der Waals surface area contributed by atoms with Gasteiger partial charge < -0.3 is 15.2 Å². The first-order valence-electron chi connectivity index (χ1n) is 7.41. The highest BCUT2D eigenvalue weighted by atomic mass is 19.1. The number of carboxylic acids is 1. The predicted molar refractivity (Wildman–Crippen MR) is 81.3 cm³/mol.